The fourth-order valence-corrected chi connectivity index (χ4v) is 2.21. The SMILES string of the molecule is O=C(/C=C/c1ccc2c(c1)CCO2)Nc1ccc(Cl)cn1. The molecule has 1 N–H and O–H groups in total. The molecular weight excluding hydrogens is 288 g/mol. The van der Waals surface area contributed by atoms with Crippen LogP contribution in [-0.2, 0) is 11.2 Å². The van der Waals surface area contributed by atoms with E-state index in [9.17, 15) is 4.79 Å². The second kappa shape index (κ2) is 5.97. The third kappa shape index (κ3) is 3.41. The lowest BCUT2D eigenvalue weighted by Gasteiger charge is -2.01. The first kappa shape index (κ1) is 13.6. The summed E-state index contributed by atoms with van der Waals surface area (Å²) in [6.07, 6.45) is 5.65. The Morgan fingerprint density at radius 2 is 2.24 bits per heavy atom. The molecule has 0 spiro atoms. The minimum Gasteiger partial charge on any atom is -0.493 e. The van der Waals surface area contributed by atoms with Gasteiger partial charge in [-0.05, 0) is 41.5 Å². The first-order valence-electron chi connectivity index (χ1n) is 6.57. The second-order valence-electron chi connectivity index (χ2n) is 4.65. The lowest BCUT2D eigenvalue weighted by atomic mass is 10.1. The van der Waals surface area contributed by atoms with Crippen molar-refractivity contribution in [3.63, 3.8) is 0 Å². The molecule has 1 amide bonds. The highest BCUT2D eigenvalue weighted by Gasteiger charge is 2.11. The zero-order valence-electron chi connectivity index (χ0n) is 11.2. The molecule has 2 heterocycles. The highest BCUT2D eigenvalue weighted by molar-refractivity contribution is 6.30. The molecule has 0 aliphatic carbocycles. The molecule has 0 unspecified atom stereocenters. The molecular formula is C16H13ClN2O2. The van der Waals surface area contributed by atoms with Crippen LogP contribution in [0.4, 0.5) is 5.82 Å². The van der Waals surface area contributed by atoms with Gasteiger partial charge >= 0.3 is 0 Å². The van der Waals surface area contributed by atoms with E-state index in [1.54, 1.807) is 18.2 Å². The van der Waals surface area contributed by atoms with E-state index >= 15 is 0 Å². The normalized spacial score (nSPS) is 13.0. The number of hydrogen-bond donors (Lipinski definition) is 1. The Morgan fingerprint density at radius 3 is 3.05 bits per heavy atom. The van der Waals surface area contributed by atoms with E-state index in [1.807, 2.05) is 18.2 Å². The van der Waals surface area contributed by atoms with Gasteiger partial charge in [0.15, 0.2) is 0 Å². The molecule has 106 valence electrons. The molecule has 1 aromatic carbocycles. The van der Waals surface area contributed by atoms with E-state index in [-0.39, 0.29) is 5.91 Å². The second-order valence-corrected chi connectivity index (χ2v) is 5.09. The van der Waals surface area contributed by atoms with Crippen molar-refractivity contribution >= 4 is 29.4 Å². The molecule has 1 aliphatic heterocycles. The van der Waals surface area contributed by atoms with Gasteiger partial charge < -0.3 is 10.1 Å². The van der Waals surface area contributed by atoms with Crippen molar-refractivity contribution in [1.29, 1.82) is 0 Å². The predicted octanol–water partition coefficient (Wildman–Crippen LogP) is 3.32. The molecule has 0 fully saturated rings. The summed E-state index contributed by atoms with van der Waals surface area (Å²) in [7, 11) is 0. The van der Waals surface area contributed by atoms with Crippen molar-refractivity contribution in [2.75, 3.05) is 11.9 Å². The number of ether oxygens (including phenoxy) is 1. The number of halogens is 1. The summed E-state index contributed by atoms with van der Waals surface area (Å²) < 4.78 is 5.45. The number of aromatic nitrogens is 1. The molecule has 1 aliphatic rings. The molecule has 21 heavy (non-hydrogen) atoms. The zero-order chi connectivity index (χ0) is 14.7. The van der Waals surface area contributed by atoms with Gasteiger partial charge in [0.2, 0.25) is 5.91 Å². The maximum absolute atomic E-state index is 11.8. The smallest absolute Gasteiger partial charge is 0.249 e. The summed E-state index contributed by atoms with van der Waals surface area (Å²) in [5.74, 6) is 1.17. The fraction of sp³-hybridized carbons (Fsp3) is 0.125. The third-order valence-corrected chi connectivity index (χ3v) is 3.34. The van der Waals surface area contributed by atoms with Gasteiger partial charge in [0.05, 0.1) is 11.6 Å². The maximum atomic E-state index is 11.8. The van der Waals surface area contributed by atoms with Crippen LogP contribution in [0.2, 0.25) is 5.02 Å². The van der Waals surface area contributed by atoms with Gasteiger partial charge in [0.25, 0.3) is 0 Å². The van der Waals surface area contributed by atoms with Crippen molar-refractivity contribution in [2.24, 2.45) is 0 Å². The Labute approximate surface area is 127 Å². The van der Waals surface area contributed by atoms with E-state index in [4.69, 9.17) is 16.3 Å². The summed E-state index contributed by atoms with van der Waals surface area (Å²) in [5.41, 5.74) is 2.15. The Hall–Kier alpha value is -2.33. The number of anilines is 1. The Morgan fingerprint density at radius 1 is 1.33 bits per heavy atom. The molecule has 2 aromatic rings. The topological polar surface area (TPSA) is 51.2 Å². The van der Waals surface area contributed by atoms with Crippen molar-refractivity contribution in [2.45, 2.75) is 6.42 Å². The number of fused-ring (bicyclic) bond motifs is 1. The van der Waals surface area contributed by atoms with Gasteiger partial charge in [-0.15, -0.1) is 0 Å². The van der Waals surface area contributed by atoms with Crippen molar-refractivity contribution in [3.05, 3.63) is 58.8 Å². The number of hydrogen-bond acceptors (Lipinski definition) is 3. The van der Waals surface area contributed by atoms with E-state index in [2.05, 4.69) is 10.3 Å². The number of pyridine rings is 1. The van der Waals surface area contributed by atoms with Gasteiger partial charge in [0.1, 0.15) is 11.6 Å². The minimum absolute atomic E-state index is 0.235. The molecule has 0 bridgehead atoms. The summed E-state index contributed by atoms with van der Waals surface area (Å²) >= 11 is 5.74. The van der Waals surface area contributed by atoms with E-state index in [1.165, 1.54) is 17.8 Å². The van der Waals surface area contributed by atoms with Gasteiger partial charge in [-0.25, -0.2) is 4.98 Å². The highest BCUT2D eigenvalue weighted by Crippen LogP contribution is 2.26. The molecule has 0 radical (unpaired) electrons. The standard InChI is InChI=1S/C16H13ClN2O2/c17-13-3-5-15(18-10-13)19-16(20)6-2-11-1-4-14-12(9-11)7-8-21-14/h1-6,9-10H,7-8H2,(H,18,19,20)/b6-2+. The summed E-state index contributed by atoms with van der Waals surface area (Å²) in [6.45, 7) is 0.727. The monoisotopic (exact) mass is 300 g/mol. The molecule has 5 heteroatoms. The van der Waals surface area contributed by atoms with Crippen LogP contribution < -0.4 is 10.1 Å². The highest BCUT2D eigenvalue weighted by atomic mass is 35.5. The van der Waals surface area contributed by atoms with Crippen LogP contribution in [0.25, 0.3) is 6.08 Å². The van der Waals surface area contributed by atoms with E-state index < -0.39 is 0 Å². The quantitative estimate of drug-likeness (QED) is 0.885. The average Bonchev–Trinajstić information content (AvgIpc) is 2.95. The van der Waals surface area contributed by atoms with Crippen molar-refractivity contribution < 1.29 is 9.53 Å². The number of amides is 1. The zero-order valence-corrected chi connectivity index (χ0v) is 11.9. The Kier molecular flexibility index (Phi) is 3.88. The maximum Gasteiger partial charge on any atom is 0.249 e. The number of benzene rings is 1. The van der Waals surface area contributed by atoms with Crippen LogP contribution in [0, 0.1) is 0 Å². The van der Waals surface area contributed by atoms with Crippen molar-refractivity contribution in [1.82, 2.24) is 4.98 Å². The van der Waals surface area contributed by atoms with Gasteiger partial charge in [-0.3, -0.25) is 4.79 Å². The van der Waals surface area contributed by atoms with Gasteiger partial charge in [0, 0.05) is 18.7 Å². The molecule has 0 saturated carbocycles. The number of nitrogens with zero attached hydrogens (tertiary/aromatic N) is 1. The van der Waals surface area contributed by atoms with Crippen LogP contribution in [0.1, 0.15) is 11.1 Å². The summed E-state index contributed by atoms with van der Waals surface area (Å²) in [6, 6.07) is 9.22. The summed E-state index contributed by atoms with van der Waals surface area (Å²) in [5, 5.41) is 3.20. The lowest BCUT2D eigenvalue weighted by Crippen LogP contribution is -2.08. The summed E-state index contributed by atoms with van der Waals surface area (Å²) in [4.78, 5) is 15.8. The van der Waals surface area contributed by atoms with E-state index in [0.717, 1.165) is 24.3 Å². The van der Waals surface area contributed by atoms with Gasteiger partial charge in [-0.1, -0.05) is 17.7 Å². The molecule has 4 nitrogen and oxygen atoms in total. The van der Waals surface area contributed by atoms with Gasteiger partial charge in [-0.2, -0.15) is 0 Å². The first-order valence-corrected chi connectivity index (χ1v) is 6.95. The predicted molar refractivity (Wildman–Crippen MR) is 82.6 cm³/mol. The largest absolute Gasteiger partial charge is 0.493 e. The third-order valence-electron chi connectivity index (χ3n) is 3.12. The first-order chi connectivity index (χ1) is 10.2. The number of carbonyl (C=O) groups is 1. The lowest BCUT2D eigenvalue weighted by molar-refractivity contribution is -0.111. The van der Waals surface area contributed by atoms with Crippen LogP contribution in [0.15, 0.2) is 42.6 Å². The molecule has 1 aromatic heterocycles. The Balaban J connectivity index is 1.65. The average molecular weight is 301 g/mol. The van der Waals surface area contributed by atoms with E-state index in [0.29, 0.717) is 10.8 Å². The number of rotatable bonds is 3. The van der Waals surface area contributed by atoms with Crippen molar-refractivity contribution in [3.8, 4) is 5.75 Å². The Bertz CT molecular complexity index is 696. The number of carbonyl (C=O) groups excluding carboxylic acids is 1. The van der Waals surface area contributed by atoms with Crippen LogP contribution in [0.5, 0.6) is 5.75 Å². The minimum atomic E-state index is -0.235. The molecule has 0 saturated heterocycles. The van der Waals surface area contributed by atoms with Crippen LogP contribution >= 0.6 is 11.6 Å². The fourth-order valence-electron chi connectivity index (χ4n) is 2.10. The molecule has 0 atom stereocenters. The number of nitrogens with one attached hydrogen (secondary N) is 1. The molecule has 3 rings (SSSR count). The van der Waals surface area contributed by atoms with Crippen LogP contribution in [0.3, 0.4) is 0 Å². The van der Waals surface area contributed by atoms with Crippen LogP contribution in [-0.4, -0.2) is 17.5 Å².